The van der Waals surface area contributed by atoms with Gasteiger partial charge in [-0.2, -0.15) is 0 Å². The molecule has 5 nitrogen and oxygen atoms in total. The highest BCUT2D eigenvalue weighted by Gasteiger charge is 2.32. The van der Waals surface area contributed by atoms with Gasteiger partial charge in [0.25, 0.3) is 0 Å². The number of allylic oxidation sites excluding steroid dienone is 1. The minimum atomic E-state index is -1.91. The van der Waals surface area contributed by atoms with Crippen LogP contribution in [-0.4, -0.2) is 22.2 Å². The van der Waals surface area contributed by atoms with E-state index in [0.29, 0.717) is 17.3 Å². The molecule has 30 heavy (non-hydrogen) atoms. The topological polar surface area (TPSA) is 72.8 Å². The normalized spacial score (nSPS) is 16.4. The van der Waals surface area contributed by atoms with Crippen LogP contribution in [0.1, 0.15) is 28.2 Å². The van der Waals surface area contributed by atoms with Crippen LogP contribution in [0.5, 0.6) is 11.5 Å². The second kappa shape index (κ2) is 8.65. The van der Waals surface area contributed by atoms with E-state index in [4.69, 9.17) is 14.0 Å². The highest BCUT2D eigenvalue weighted by Crippen LogP contribution is 2.47. The lowest BCUT2D eigenvalue weighted by Gasteiger charge is -2.29. The maximum Gasteiger partial charge on any atom is 0.157 e. The second-order valence-electron chi connectivity index (χ2n) is 6.86. The summed E-state index contributed by atoms with van der Waals surface area (Å²) in [4.78, 5) is 12.3. The van der Waals surface area contributed by atoms with Crippen molar-refractivity contribution in [1.29, 1.82) is 0 Å². The first-order valence-electron chi connectivity index (χ1n) is 9.38. The average Bonchev–Trinajstić information content (AvgIpc) is 2.78. The van der Waals surface area contributed by atoms with E-state index in [0.717, 1.165) is 34.1 Å². The fraction of sp³-hybridized carbons (Fsp3) is 0.125. The summed E-state index contributed by atoms with van der Waals surface area (Å²) in [5.41, 5.74) is 3.80. The standard InChI is InChI=1S/C24H20O5S/c1-28-21-8-4-3-7-19(21)23-20(14-25)18-6-2-5-9-22(18)29-24(23)17-12-10-16(11-13-17)15-30(26)27/h2-14,20H,15H2,1H3,(H,26,27). The molecule has 2 atom stereocenters. The Labute approximate surface area is 177 Å². The molecule has 152 valence electrons. The third-order valence-corrected chi connectivity index (χ3v) is 5.64. The number of fused-ring (bicyclic) bond motifs is 1. The molecular weight excluding hydrogens is 400 g/mol. The van der Waals surface area contributed by atoms with Crippen molar-refractivity contribution in [1.82, 2.24) is 0 Å². The van der Waals surface area contributed by atoms with Crippen molar-refractivity contribution in [2.45, 2.75) is 11.7 Å². The molecule has 1 aliphatic heterocycles. The van der Waals surface area contributed by atoms with Crippen molar-refractivity contribution in [2.75, 3.05) is 7.11 Å². The van der Waals surface area contributed by atoms with Crippen molar-refractivity contribution >= 4 is 28.7 Å². The molecule has 0 radical (unpaired) electrons. The van der Waals surface area contributed by atoms with E-state index in [-0.39, 0.29) is 5.75 Å². The van der Waals surface area contributed by atoms with E-state index in [2.05, 4.69) is 0 Å². The highest BCUT2D eigenvalue weighted by molar-refractivity contribution is 7.78. The zero-order chi connectivity index (χ0) is 21.1. The number of ether oxygens (including phenoxy) is 2. The van der Waals surface area contributed by atoms with Crippen molar-refractivity contribution in [3.05, 3.63) is 95.1 Å². The number of carbonyl (C=O) groups excluding carboxylic acids is 1. The van der Waals surface area contributed by atoms with Crippen molar-refractivity contribution in [2.24, 2.45) is 0 Å². The Morgan fingerprint density at radius 3 is 2.43 bits per heavy atom. The molecule has 6 heteroatoms. The van der Waals surface area contributed by atoms with Gasteiger partial charge in [-0.25, -0.2) is 4.21 Å². The SMILES string of the molecule is COc1ccccc1C1=C(c2ccc(CS(=O)O)cc2)Oc2ccccc2C1C=O. The third-order valence-electron chi connectivity index (χ3n) is 5.06. The van der Waals surface area contributed by atoms with Gasteiger partial charge in [0, 0.05) is 22.3 Å². The molecule has 1 heterocycles. The van der Waals surface area contributed by atoms with E-state index in [1.165, 1.54) is 0 Å². The molecule has 0 aliphatic carbocycles. The van der Waals surface area contributed by atoms with E-state index in [1.54, 1.807) is 19.2 Å². The van der Waals surface area contributed by atoms with Crippen LogP contribution in [0.4, 0.5) is 0 Å². The van der Waals surface area contributed by atoms with E-state index < -0.39 is 17.0 Å². The Morgan fingerprint density at radius 1 is 1.03 bits per heavy atom. The molecule has 0 fully saturated rings. The Bertz CT molecular complexity index is 1130. The quantitative estimate of drug-likeness (QED) is 0.464. The van der Waals surface area contributed by atoms with Crippen molar-refractivity contribution < 1.29 is 23.0 Å². The van der Waals surface area contributed by atoms with E-state index >= 15 is 0 Å². The number of para-hydroxylation sites is 2. The Hall–Kier alpha value is -3.22. The summed E-state index contributed by atoms with van der Waals surface area (Å²) in [6, 6.07) is 22.3. The molecule has 0 aromatic heterocycles. The molecule has 0 spiro atoms. The van der Waals surface area contributed by atoms with Crippen molar-refractivity contribution in [3.63, 3.8) is 0 Å². The van der Waals surface area contributed by atoms with Crippen LogP contribution < -0.4 is 9.47 Å². The molecule has 4 rings (SSSR count). The molecule has 1 N–H and O–H groups in total. The van der Waals surface area contributed by atoms with Crippen LogP contribution >= 0.6 is 0 Å². The van der Waals surface area contributed by atoms with Crippen LogP contribution in [0.2, 0.25) is 0 Å². The summed E-state index contributed by atoms with van der Waals surface area (Å²) in [6.45, 7) is 0. The molecule has 0 bridgehead atoms. The third kappa shape index (κ3) is 3.79. The maximum absolute atomic E-state index is 12.3. The number of rotatable bonds is 6. The van der Waals surface area contributed by atoms with Gasteiger partial charge in [-0.05, 0) is 17.7 Å². The second-order valence-corrected chi connectivity index (χ2v) is 7.79. The minimum absolute atomic E-state index is 0.0549. The van der Waals surface area contributed by atoms with E-state index in [1.807, 2.05) is 60.7 Å². The van der Waals surface area contributed by atoms with E-state index in [9.17, 15) is 9.00 Å². The molecular formula is C24H20O5S. The number of methoxy groups -OCH3 is 1. The number of benzene rings is 3. The fourth-order valence-corrected chi connectivity index (χ4v) is 4.18. The van der Waals surface area contributed by atoms with Crippen molar-refractivity contribution in [3.8, 4) is 11.5 Å². The smallest absolute Gasteiger partial charge is 0.157 e. The predicted octanol–water partition coefficient (Wildman–Crippen LogP) is 4.66. The Morgan fingerprint density at radius 2 is 1.73 bits per heavy atom. The molecule has 0 saturated heterocycles. The minimum Gasteiger partial charge on any atom is -0.496 e. The summed E-state index contributed by atoms with van der Waals surface area (Å²) in [6.07, 6.45) is 0.923. The summed E-state index contributed by atoms with van der Waals surface area (Å²) in [5.74, 6) is 1.37. The number of aldehydes is 1. The summed E-state index contributed by atoms with van der Waals surface area (Å²) in [7, 11) is 1.59. The lowest BCUT2D eigenvalue weighted by atomic mass is 9.83. The number of hydrogen-bond acceptors (Lipinski definition) is 4. The summed E-state index contributed by atoms with van der Waals surface area (Å²) in [5, 5.41) is 0. The average molecular weight is 420 g/mol. The van der Waals surface area contributed by atoms with Gasteiger partial charge in [-0.15, -0.1) is 0 Å². The molecule has 0 amide bonds. The Balaban J connectivity index is 1.93. The molecule has 0 saturated carbocycles. The zero-order valence-electron chi connectivity index (χ0n) is 16.3. The zero-order valence-corrected chi connectivity index (χ0v) is 17.1. The van der Waals surface area contributed by atoms with Crippen LogP contribution in [0.15, 0.2) is 72.8 Å². The highest BCUT2D eigenvalue weighted by atomic mass is 32.2. The molecule has 2 unspecified atom stereocenters. The van der Waals surface area contributed by atoms with Gasteiger partial charge in [0.15, 0.2) is 11.1 Å². The molecule has 1 aliphatic rings. The van der Waals surface area contributed by atoms with Crippen LogP contribution in [0.3, 0.4) is 0 Å². The Kier molecular flexibility index (Phi) is 5.79. The first-order chi connectivity index (χ1) is 14.6. The monoisotopic (exact) mass is 420 g/mol. The fourth-order valence-electron chi connectivity index (χ4n) is 3.70. The van der Waals surface area contributed by atoms with Gasteiger partial charge in [0.1, 0.15) is 23.5 Å². The lowest BCUT2D eigenvalue weighted by molar-refractivity contribution is -0.108. The predicted molar refractivity (Wildman–Crippen MR) is 117 cm³/mol. The number of carbonyl (C=O) groups is 1. The maximum atomic E-state index is 12.3. The lowest BCUT2D eigenvalue weighted by Crippen LogP contribution is -2.16. The van der Waals surface area contributed by atoms with Crippen LogP contribution in [0, 0.1) is 0 Å². The summed E-state index contributed by atoms with van der Waals surface area (Å²) < 4.78 is 32.1. The van der Waals surface area contributed by atoms with Gasteiger partial charge in [-0.1, -0.05) is 60.7 Å². The molecule has 3 aromatic rings. The first kappa shape index (κ1) is 20.1. The van der Waals surface area contributed by atoms with Gasteiger partial charge in [-0.3, -0.25) is 0 Å². The largest absolute Gasteiger partial charge is 0.496 e. The first-order valence-corrected chi connectivity index (χ1v) is 10.7. The van der Waals surface area contributed by atoms with Gasteiger partial charge >= 0.3 is 0 Å². The number of hydrogen-bond donors (Lipinski definition) is 1. The van der Waals surface area contributed by atoms with Crippen LogP contribution in [-0.2, 0) is 21.6 Å². The van der Waals surface area contributed by atoms with Gasteiger partial charge in [0.2, 0.25) is 0 Å². The van der Waals surface area contributed by atoms with Gasteiger partial charge < -0.3 is 18.8 Å². The van der Waals surface area contributed by atoms with Crippen LogP contribution in [0.25, 0.3) is 11.3 Å². The van der Waals surface area contributed by atoms with Gasteiger partial charge in [0.05, 0.1) is 18.8 Å². The summed E-state index contributed by atoms with van der Waals surface area (Å²) >= 11 is -1.91. The molecule has 3 aromatic carbocycles.